The number of benzene rings is 2. The van der Waals surface area contributed by atoms with Gasteiger partial charge < -0.3 is 10.1 Å². The molecule has 0 saturated carbocycles. The van der Waals surface area contributed by atoms with Gasteiger partial charge in [-0.15, -0.1) is 0 Å². The molecule has 0 aromatic heterocycles. The number of hydrogen-bond donors (Lipinski definition) is 1. The summed E-state index contributed by atoms with van der Waals surface area (Å²) in [5.41, 5.74) is 3.60. The maximum atomic E-state index is 6.06. The van der Waals surface area contributed by atoms with E-state index in [-0.39, 0.29) is 0 Å². The molecular formula is C19H23Cl2NO. The number of rotatable bonds is 7. The second-order valence-corrected chi connectivity index (χ2v) is 6.70. The summed E-state index contributed by atoms with van der Waals surface area (Å²) in [5, 5.41) is 4.77. The smallest absolute Gasteiger partial charge is 0.123 e. The molecule has 2 aromatic carbocycles. The third kappa shape index (κ3) is 5.42. The highest BCUT2D eigenvalue weighted by atomic mass is 35.5. The van der Waals surface area contributed by atoms with Crippen molar-refractivity contribution < 1.29 is 4.74 Å². The van der Waals surface area contributed by atoms with Gasteiger partial charge in [-0.3, -0.25) is 0 Å². The van der Waals surface area contributed by atoms with Crippen molar-refractivity contribution in [2.45, 2.75) is 39.3 Å². The van der Waals surface area contributed by atoms with Crippen molar-refractivity contribution in [2.24, 2.45) is 0 Å². The van der Waals surface area contributed by atoms with Crippen LogP contribution in [-0.2, 0) is 13.0 Å². The number of ether oxygens (including phenoxy) is 1. The fraction of sp³-hybridized carbons (Fsp3) is 0.368. The Morgan fingerprint density at radius 2 is 1.87 bits per heavy atom. The number of aryl methyl sites for hydroxylation is 2. The van der Waals surface area contributed by atoms with Crippen molar-refractivity contribution in [1.82, 2.24) is 5.32 Å². The number of hydrogen-bond acceptors (Lipinski definition) is 2. The minimum Gasteiger partial charge on any atom is -0.496 e. The molecule has 1 N–H and O–H groups in total. The molecule has 0 radical (unpaired) electrons. The second kappa shape index (κ2) is 8.58. The molecular weight excluding hydrogens is 329 g/mol. The van der Waals surface area contributed by atoms with E-state index in [0.717, 1.165) is 25.1 Å². The highest BCUT2D eigenvalue weighted by Gasteiger charge is 2.07. The molecule has 0 heterocycles. The maximum Gasteiger partial charge on any atom is 0.123 e. The molecule has 0 aliphatic heterocycles. The van der Waals surface area contributed by atoms with Gasteiger partial charge in [-0.2, -0.15) is 0 Å². The van der Waals surface area contributed by atoms with Gasteiger partial charge in [-0.1, -0.05) is 41.4 Å². The highest BCUT2D eigenvalue weighted by molar-refractivity contribution is 6.42. The topological polar surface area (TPSA) is 21.3 Å². The van der Waals surface area contributed by atoms with Crippen molar-refractivity contribution in [1.29, 1.82) is 0 Å². The lowest BCUT2D eigenvalue weighted by atomic mass is 10.1. The van der Waals surface area contributed by atoms with Gasteiger partial charge in [0.15, 0.2) is 0 Å². The van der Waals surface area contributed by atoms with Crippen LogP contribution in [0.3, 0.4) is 0 Å². The molecule has 0 saturated heterocycles. The van der Waals surface area contributed by atoms with Gasteiger partial charge in [0, 0.05) is 18.2 Å². The van der Waals surface area contributed by atoms with E-state index in [4.69, 9.17) is 27.9 Å². The second-order valence-electron chi connectivity index (χ2n) is 5.88. The van der Waals surface area contributed by atoms with Crippen molar-refractivity contribution >= 4 is 23.2 Å². The Morgan fingerprint density at radius 3 is 2.57 bits per heavy atom. The average molecular weight is 352 g/mol. The van der Waals surface area contributed by atoms with Crippen LogP contribution < -0.4 is 10.1 Å². The Balaban J connectivity index is 1.85. The third-order valence-corrected chi connectivity index (χ3v) is 4.67. The van der Waals surface area contributed by atoms with Gasteiger partial charge in [-0.25, -0.2) is 0 Å². The first-order valence-corrected chi connectivity index (χ1v) is 8.56. The molecule has 4 heteroatoms. The molecule has 124 valence electrons. The zero-order valence-corrected chi connectivity index (χ0v) is 15.3. The lowest BCUT2D eigenvalue weighted by Crippen LogP contribution is -2.26. The van der Waals surface area contributed by atoms with E-state index in [1.54, 1.807) is 7.11 Å². The highest BCUT2D eigenvalue weighted by Crippen LogP contribution is 2.23. The van der Waals surface area contributed by atoms with Crippen LogP contribution in [-0.4, -0.2) is 13.2 Å². The number of methoxy groups -OCH3 is 1. The summed E-state index contributed by atoms with van der Waals surface area (Å²) < 4.78 is 5.44. The number of halogens is 2. The Morgan fingerprint density at radius 1 is 1.09 bits per heavy atom. The monoisotopic (exact) mass is 351 g/mol. The Hall–Kier alpha value is -1.22. The lowest BCUT2D eigenvalue weighted by Gasteiger charge is -2.16. The SMILES string of the molecule is COc1cc(C)ccc1CNC(C)CCc1ccc(Cl)c(Cl)c1. The van der Waals surface area contributed by atoms with E-state index in [0.29, 0.717) is 16.1 Å². The molecule has 0 fully saturated rings. The first-order chi connectivity index (χ1) is 11.0. The van der Waals surface area contributed by atoms with Gasteiger partial charge in [-0.05, 0) is 56.0 Å². The van der Waals surface area contributed by atoms with Gasteiger partial charge in [0.05, 0.1) is 17.2 Å². The molecule has 0 aliphatic rings. The molecule has 0 bridgehead atoms. The summed E-state index contributed by atoms with van der Waals surface area (Å²) in [6.07, 6.45) is 2.00. The van der Waals surface area contributed by atoms with E-state index in [1.165, 1.54) is 16.7 Å². The van der Waals surface area contributed by atoms with Crippen molar-refractivity contribution in [3.8, 4) is 5.75 Å². The van der Waals surface area contributed by atoms with Crippen LogP contribution in [0.1, 0.15) is 30.0 Å². The van der Waals surface area contributed by atoms with Crippen LogP contribution >= 0.6 is 23.2 Å². The third-order valence-electron chi connectivity index (χ3n) is 3.93. The normalized spacial score (nSPS) is 12.2. The molecule has 2 rings (SSSR count). The van der Waals surface area contributed by atoms with Gasteiger partial charge in [0.1, 0.15) is 5.75 Å². The molecule has 2 nitrogen and oxygen atoms in total. The molecule has 0 amide bonds. The minimum atomic E-state index is 0.399. The standard InChI is InChI=1S/C19H23Cl2NO/c1-13-4-8-16(19(10-13)23-3)12-22-14(2)5-6-15-7-9-17(20)18(21)11-15/h4,7-11,14,22H,5-6,12H2,1-3H3. The number of nitrogens with one attached hydrogen (secondary N) is 1. The van der Waals surface area contributed by atoms with Crippen molar-refractivity contribution in [3.05, 3.63) is 63.1 Å². The summed E-state index contributed by atoms with van der Waals surface area (Å²) in [4.78, 5) is 0. The Bertz CT molecular complexity index is 658. The molecule has 0 spiro atoms. The summed E-state index contributed by atoms with van der Waals surface area (Å²) in [7, 11) is 1.71. The lowest BCUT2D eigenvalue weighted by molar-refractivity contribution is 0.404. The van der Waals surface area contributed by atoms with E-state index in [1.807, 2.05) is 18.2 Å². The Kier molecular flexibility index (Phi) is 6.76. The Labute approximate surface area is 148 Å². The fourth-order valence-corrected chi connectivity index (χ4v) is 2.78. The maximum absolute atomic E-state index is 6.06. The van der Waals surface area contributed by atoms with Gasteiger partial charge >= 0.3 is 0 Å². The van der Waals surface area contributed by atoms with Crippen molar-refractivity contribution in [3.63, 3.8) is 0 Å². The van der Waals surface area contributed by atoms with Crippen LogP contribution in [0, 0.1) is 6.92 Å². The zero-order valence-electron chi connectivity index (χ0n) is 13.8. The molecule has 0 aliphatic carbocycles. The summed E-state index contributed by atoms with van der Waals surface area (Å²) in [5.74, 6) is 0.939. The van der Waals surface area contributed by atoms with Crippen LogP contribution in [0.4, 0.5) is 0 Å². The predicted octanol–water partition coefficient (Wildman–Crippen LogP) is 5.42. The van der Waals surface area contributed by atoms with Crippen LogP contribution in [0.25, 0.3) is 0 Å². The van der Waals surface area contributed by atoms with E-state index in [2.05, 4.69) is 37.4 Å². The fourth-order valence-electron chi connectivity index (χ4n) is 2.46. The molecule has 1 atom stereocenters. The van der Waals surface area contributed by atoms with Crippen LogP contribution in [0.2, 0.25) is 10.0 Å². The van der Waals surface area contributed by atoms with Crippen LogP contribution in [0.15, 0.2) is 36.4 Å². The first-order valence-electron chi connectivity index (χ1n) is 7.80. The molecule has 2 aromatic rings. The van der Waals surface area contributed by atoms with Crippen LogP contribution in [0.5, 0.6) is 5.75 Å². The quantitative estimate of drug-likeness (QED) is 0.718. The summed E-state index contributed by atoms with van der Waals surface area (Å²) in [6.45, 7) is 5.06. The largest absolute Gasteiger partial charge is 0.496 e. The van der Waals surface area contributed by atoms with Crippen molar-refractivity contribution in [2.75, 3.05) is 7.11 Å². The minimum absolute atomic E-state index is 0.399. The average Bonchev–Trinajstić information content (AvgIpc) is 2.54. The van der Waals surface area contributed by atoms with E-state index < -0.39 is 0 Å². The molecule has 1 unspecified atom stereocenters. The van der Waals surface area contributed by atoms with Gasteiger partial charge in [0.2, 0.25) is 0 Å². The summed E-state index contributed by atoms with van der Waals surface area (Å²) in [6, 6.07) is 12.5. The zero-order chi connectivity index (χ0) is 16.8. The first kappa shape index (κ1) is 18.1. The van der Waals surface area contributed by atoms with Gasteiger partial charge in [0.25, 0.3) is 0 Å². The van der Waals surface area contributed by atoms with E-state index in [9.17, 15) is 0 Å². The predicted molar refractivity (Wildman–Crippen MR) is 98.8 cm³/mol. The molecule has 23 heavy (non-hydrogen) atoms. The van der Waals surface area contributed by atoms with E-state index >= 15 is 0 Å². The summed E-state index contributed by atoms with van der Waals surface area (Å²) >= 11 is 12.0.